The minimum atomic E-state index is 0.563. The summed E-state index contributed by atoms with van der Waals surface area (Å²) < 4.78 is 5.08. The van der Waals surface area contributed by atoms with Gasteiger partial charge in [-0.15, -0.1) is 11.8 Å². The van der Waals surface area contributed by atoms with Crippen LogP contribution in [0.3, 0.4) is 0 Å². The van der Waals surface area contributed by atoms with E-state index in [0.717, 1.165) is 11.4 Å². The molecule has 2 aliphatic heterocycles. The Morgan fingerprint density at radius 3 is 3.45 bits per heavy atom. The molecule has 4 heteroatoms. The molecule has 0 spiro atoms. The minimum Gasteiger partial charge on any atom is -0.495 e. The molecule has 0 fully saturated rings. The molecule has 0 amide bonds. The quantitative estimate of drug-likeness (QED) is 0.568. The highest BCUT2D eigenvalue weighted by atomic mass is 32.2. The molecule has 0 bridgehead atoms. The van der Waals surface area contributed by atoms with Crippen molar-refractivity contribution < 1.29 is 4.74 Å². The van der Waals surface area contributed by atoms with E-state index in [1.54, 1.807) is 18.0 Å². The molecule has 2 N–H and O–H groups in total. The van der Waals surface area contributed by atoms with Gasteiger partial charge in [-0.3, -0.25) is 5.41 Å². The maximum absolute atomic E-state index is 7.37. The topological polar surface area (TPSA) is 45.1 Å². The number of amidine groups is 1. The molecule has 0 atom stereocenters. The number of allylic oxidation sites excluding steroid dienone is 1. The van der Waals surface area contributed by atoms with Crippen molar-refractivity contribution in [1.82, 2.24) is 5.32 Å². The third-order valence-corrected chi connectivity index (χ3v) is 2.64. The van der Waals surface area contributed by atoms with E-state index in [2.05, 4.69) is 5.32 Å². The van der Waals surface area contributed by atoms with Crippen LogP contribution in [0.4, 0.5) is 0 Å². The maximum atomic E-state index is 7.37. The second kappa shape index (κ2) is 2.62. The molecule has 0 aliphatic carbocycles. The van der Waals surface area contributed by atoms with Crippen LogP contribution in [0.2, 0.25) is 0 Å². The standard InChI is InChI=1S/C7H8N2OS/c8-7-4-11-6-1-2-10-3-5(6)9-7/h1-2H,3-4H2,(H2,8,9). The van der Waals surface area contributed by atoms with E-state index in [1.807, 2.05) is 6.08 Å². The molecular formula is C7H8N2OS. The van der Waals surface area contributed by atoms with Gasteiger partial charge in [-0.2, -0.15) is 0 Å². The van der Waals surface area contributed by atoms with Gasteiger partial charge in [0.05, 0.1) is 17.7 Å². The van der Waals surface area contributed by atoms with Crippen molar-refractivity contribution in [1.29, 1.82) is 5.41 Å². The van der Waals surface area contributed by atoms with E-state index in [9.17, 15) is 0 Å². The van der Waals surface area contributed by atoms with Gasteiger partial charge in [-0.05, 0) is 6.08 Å². The summed E-state index contributed by atoms with van der Waals surface area (Å²) >= 11 is 1.68. The average Bonchev–Trinajstić information content (AvgIpc) is 2.04. The zero-order valence-electron chi connectivity index (χ0n) is 5.89. The molecule has 3 nitrogen and oxygen atoms in total. The van der Waals surface area contributed by atoms with Crippen molar-refractivity contribution in [3.63, 3.8) is 0 Å². The fourth-order valence-corrected chi connectivity index (χ4v) is 1.82. The summed E-state index contributed by atoms with van der Waals surface area (Å²) in [6.07, 6.45) is 3.63. The summed E-state index contributed by atoms with van der Waals surface area (Å²) in [4.78, 5) is 1.20. The first-order chi connectivity index (χ1) is 5.36. The molecule has 0 aromatic heterocycles. The van der Waals surface area contributed by atoms with Crippen LogP contribution >= 0.6 is 11.8 Å². The highest BCUT2D eigenvalue weighted by Crippen LogP contribution is 2.26. The summed E-state index contributed by atoms with van der Waals surface area (Å²) in [7, 11) is 0. The third kappa shape index (κ3) is 1.26. The van der Waals surface area contributed by atoms with E-state index in [0.29, 0.717) is 12.4 Å². The van der Waals surface area contributed by atoms with Gasteiger partial charge in [0, 0.05) is 4.91 Å². The van der Waals surface area contributed by atoms with Crippen LogP contribution in [0.25, 0.3) is 0 Å². The summed E-state index contributed by atoms with van der Waals surface area (Å²) in [5.74, 6) is 1.30. The van der Waals surface area contributed by atoms with Crippen LogP contribution < -0.4 is 5.32 Å². The second-order valence-corrected chi connectivity index (χ2v) is 3.37. The van der Waals surface area contributed by atoms with Gasteiger partial charge in [-0.25, -0.2) is 0 Å². The van der Waals surface area contributed by atoms with Crippen molar-refractivity contribution in [2.45, 2.75) is 0 Å². The van der Waals surface area contributed by atoms with Crippen LogP contribution in [-0.4, -0.2) is 18.2 Å². The number of nitrogens with one attached hydrogen (secondary N) is 2. The summed E-state index contributed by atoms with van der Waals surface area (Å²) in [5.41, 5.74) is 1.02. The van der Waals surface area contributed by atoms with E-state index >= 15 is 0 Å². The minimum absolute atomic E-state index is 0.563. The summed E-state index contributed by atoms with van der Waals surface area (Å²) in [5, 5.41) is 10.3. The van der Waals surface area contributed by atoms with Crippen molar-refractivity contribution in [2.75, 3.05) is 12.4 Å². The molecule has 0 radical (unpaired) electrons. The smallest absolute Gasteiger partial charge is 0.128 e. The molecule has 2 rings (SSSR count). The lowest BCUT2D eigenvalue weighted by atomic mass is 10.3. The predicted molar refractivity (Wildman–Crippen MR) is 45.4 cm³/mol. The molecule has 11 heavy (non-hydrogen) atoms. The van der Waals surface area contributed by atoms with Crippen LogP contribution in [0.1, 0.15) is 0 Å². The molecule has 58 valence electrons. The maximum Gasteiger partial charge on any atom is 0.128 e. The molecular weight excluding hydrogens is 160 g/mol. The molecule has 0 saturated carbocycles. The van der Waals surface area contributed by atoms with Crippen LogP contribution in [-0.2, 0) is 4.74 Å². The lowest BCUT2D eigenvalue weighted by Gasteiger charge is -2.22. The number of thioether (sulfide) groups is 1. The van der Waals surface area contributed by atoms with Crippen molar-refractivity contribution in [2.24, 2.45) is 0 Å². The average molecular weight is 168 g/mol. The predicted octanol–water partition coefficient (Wildman–Crippen LogP) is 1.06. The molecule has 0 aromatic carbocycles. The zero-order valence-corrected chi connectivity index (χ0v) is 6.70. The van der Waals surface area contributed by atoms with Gasteiger partial charge < -0.3 is 10.1 Å². The number of ether oxygens (including phenoxy) is 1. The monoisotopic (exact) mass is 168 g/mol. The molecule has 2 aliphatic rings. The van der Waals surface area contributed by atoms with Crippen LogP contribution in [0.5, 0.6) is 0 Å². The Morgan fingerprint density at radius 2 is 2.55 bits per heavy atom. The van der Waals surface area contributed by atoms with Crippen molar-refractivity contribution in [3.05, 3.63) is 22.9 Å². The van der Waals surface area contributed by atoms with Gasteiger partial charge in [-0.1, -0.05) is 0 Å². The van der Waals surface area contributed by atoms with E-state index < -0.39 is 0 Å². The first-order valence-corrected chi connectivity index (χ1v) is 4.33. The summed E-state index contributed by atoms with van der Waals surface area (Å²) in [6.45, 7) is 0.571. The van der Waals surface area contributed by atoms with E-state index in [-0.39, 0.29) is 0 Å². The first-order valence-electron chi connectivity index (χ1n) is 3.35. The largest absolute Gasteiger partial charge is 0.495 e. The normalized spacial score (nSPS) is 22.4. The first kappa shape index (κ1) is 6.79. The van der Waals surface area contributed by atoms with Gasteiger partial charge >= 0.3 is 0 Å². The van der Waals surface area contributed by atoms with Crippen molar-refractivity contribution in [3.8, 4) is 0 Å². The van der Waals surface area contributed by atoms with E-state index in [4.69, 9.17) is 10.1 Å². The SMILES string of the molecule is N=C1CSC2=C(COC=C2)N1. The second-order valence-electron chi connectivity index (χ2n) is 2.35. The fourth-order valence-electron chi connectivity index (χ4n) is 1.01. The van der Waals surface area contributed by atoms with Crippen LogP contribution in [0, 0.1) is 5.41 Å². The third-order valence-electron chi connectivity index (χ3n) is 1.51. The molecule has 0 unspecified atom stereocenters. The highest BCUT2D eigenvalue weighted by molar-refractivity contribution is 8.04. The lowest BCUT2D eigenvalue weighted by molar-refractivity contribution is 0.271. The van der Waals surface area contributed by atoms with E-state index in [1.165, 1.54) is 4.91 Å². The molecule has 0 saturated heterocycles. The highest BCUT2D eigenvalue weighted by Gasteiger charge is 2.16. The Hall–Kier alpha value is -0.900. The number of hydrogen-bond acceptors (Lipinski definition) is 3. The van der Waals surface area contributed by atoms with Gasteiger partial charge in [0.2, 0.25) is 0 Å². The Balaban J connectivity index is 2.26. The Bertz CT molecular complexity index is 257. The molecule has 2 heterocycles. The summed E-state index contributed by atoms with van der Waals surface area (Å²) in [6, 6.07) is 0. The Labute approximate surface area is 69.0 Å². The van der Waals surface area contributed by atoms with Gasteiger partial charge in [0.15, 0.2) is 0 Å². The van der Waals surface area contributed by atoms with Crippen LogP contribution in [0.15, 0.2) is 22.9 Å². The fraction of sp³-hybridized carbons (Fsp3) is 0.286. The molecule has 0 aromatic rings. The van der Waals surface area contributed by atoms with Crippen molar-refractivity contribution >= 4 is 17.6 Å². The zero-order chi connectivity index (χ0) is 7.68. The number of hydrogen-bond donors (Lipinski definition) is 2. The van der Waals surface area contributed by atoms with Gasteiger partial charge in [0.25, 0.3) is 0 Å². The Morgan fingerprint density at radius 1 is 1.64 bits per heavy atom. The lowest BCUT2D eigenvalue weighted by Crippen LogP contribution is -2.31. The number of rotatable bonds is 0. The Kier molecular flexibility index (Phi) is 1.62. The van der Waals surface area contributed by atoms with Gasteiger partial charge in [0.1, 0.15) is 12.4 Å².